The molecule has 3 aromatic rings. The number of carbonyl (C=O) groups excluding carboxylic acids is 1. The first-order valence-electron chi connectivity index (χ1n) is 8.83. The number of benzene rings is 2. The van der Waals surface area contributed by atoms with E-state index < -0.39 is 0 Å². The van der Waals surface area contributed by atoms with Gasteiger partial charge in [0.2, 0.25) is 0 Å². The van der Waals surface area contributed by atoms with Gasteiger partial charge in [-0.2, -0.15) is 0 Å². The summed E-state index contributed by atoms with van der Waals surface area (Å²) >= 11 is 0. The molecule has 0 unspecified atom stereocenters. The molecule has 1 N–H and O–H groups in total. The van der Waals surface area contributed by atoms with E-state index >= 15 is 0 Å². The van der Waals surface area contributed by atoms with E-state index in [9.17, 15) is 9.90 Å². The Morgan fingerprint density at radius 1 is 1.07 bits per heavy atom. The van der Waals surface area contributed by atoms with Crippen LogP contribution in [0.5, 0.6) is 17.2 Å². The van der Waals surface area contributed by atoms with Gasteiger partial charge in [0.15, 0.2) is 17.3 Å². The molecule has 2 aromatic carbocycles. The number of hydrogen-bond acceptors (Lipinski definition) is 5. The highest BCUT2D eigenvalue weighted by Gasteiger charge is 2.07. The summed E-state index contributed by atoms with van der Waals surface area (Å²) in [5, 5.41) is 9.82. The number of ether oxygens (including phenoxy) is 2. The van der Waals surface area contributed by atoms with Crippen molar-refractivity contribution in [2.75, 3.05) is 7.11 Å². The number of methoxy groups -OCH3 is 1. The zero-order chi connectivity index (χ0) is 19.8. The molecule has 142 valence electrons. The van der Waals surface area contributed by atoms with Gasteiger partial charge in [0.25, 0.3) is 0 Å². The number of allylic oxidation sites excluding steroid dienone is 1. The molecule has 0 atom stereocenters. The number of aromatic hydroxyl groups is 1. The van der Waals surface area contributed by atoms with Crippen molar-refractivity contribution in [1.82, 2.24) is 4.98 Å². The van der Waals surface area contributed by atoms with Crippen LogP contribution in [0, 0.1) is 0 Å². The molecule has 0 aliphatic carbocycles. The first-order chi connectivity index (χ1) is 13.7. The van der Waals surface area contributed by atoms with Gasteiger partial charge in [0.1, 0.15) is 12.4 Å². The van der Waals surface area contributed by atoms with Crippen molar-refractivity contribution in [3.05, 3.63) is 89.8 Å². The van der Waals surface area contributed by atoms with Gasteiger partial charge in [0.05, 0.1) is 7.11 Å². The Morgan fingerprint density at radius 3 is 2.54 bits per heavy atom. The van der Waals surface area contributed by atoms with Crippen LogP contribution in [0.3, 0.4) is 0 Å². The van der Waals surface area contributed by atoms with Gasteiger partial charge in [-0.1, -0.05) is 36.4 Å². The van der Waals surface area contributed by atoms with Crippen LogP contribution in [0.15, 0.2) is 73.1 Å². The SMILES string of the molecule is COc1ccc(/C=C/C(=O)Cc2ccccc2COc2ccncc2)cc1O. The fourth-order valence-corrected chi connectivity index (χ4v) is 2.71. The van der Waals surface area contributed by atoms with Crippen molar-refractivity contribution in [1.29, 1.82) is 0 Å². The molecule has 0 radical (unpaired) electrons. The smallest absolute Gasteiger partial charge is 0.160 e. The maximum absolute atomic E-state index is 12.4. The quantitative estimate of drug-likeness (QED) is 0.598. The number of phenols is 1. The zero-order valence-corrected chi connectivity index (χ0v) is 15.5. The van der Waals surface area contributed by atoms with E-state index in [0.29, 0.717) is 12.4 Å². The minimum atomic E-state index is -0.0355. The number of pyridine rings is 1. The van der Waals surface area contributed by atoms with Crippen molar-refractivity contribution >= 4 is 11.9 Å². The van der Waals surface area contributed by atoms with Crippen molar-refractivity contribution < 1.29 is 19.4 Å². The summed E-state index contributed by atoms with van der Waals surface area (Å²) in [5.41, 5.74) is 2.60. The minimum Gasteiger partial charge on any atom is -0.504 e. The van der Waals surface area contributed by atoms with E-state index in [1.165, 1.54) is 13.2 Å². The largest absolute Gasteiger partial charge is 0.504 e. The standard InChI is InChI=1S/C23H21NO4/c1-27-23-9-7-17(14-22(23)26)6-8-20(25)15-18-4-2-3-5-19(18)16-28-21-10-12-24-13-11-21/h2-14,26H,15-16H2,1H3/b8-6+. The molecule has 3 rings (SSSR count). The lowest BCUT2D eigenvalue weighted by Crippen LogP contribution is -2.05. The van der Waals surface area contributed by atoms with Gasteiger partial charge in [-0.3, -0.25) is 9.78 Å². The molecule has 5 nitrogen and oxygen atoms in total. The molecule has 0 aliphatic heterocycles. The maximum atomic E-state index is 12.4. The van der Waals surface area contributed by atoms with Gasteiger partial charge in [0, 0.05) is 18.8 Å². The molecule has 0 saturated heterocycles. The first-order valence-corrected chi connectivity index (χ1v) is 8.83. The minimum absolute atomic E-state index is 0.0355. The van der Waals surface area contributed by atoms with Gasteiger partial charge in [-0.25, -0.2) is 0 Å². The van der Waals surface area contributed by atoms with Crippen LogP contribution in [0.1, 0.15) is 16.7 Å². The highest BCUT2D eigenvalue weighted by atomic mass is 16.5. The molecule has 0 aliphatic rings. The van der Waals surface area contributed by atoms with Crippen molar-refractivity contribution in [3.63, 3.8) is 0 Å². The third kappa shape index (κ3) is 5.20. The number of phenolic OH excluding ortho intramolecular Hbond substituents is 1. The third-order valence-electron chi connectivity index (χ3n) is 4.19. The maximum Gasteiger partial charge on any atom is 0.160 e. The molecule has 0 amide bonds. The number of hydrogen-bond donors (Lipinski definition) is 1. The second kappa shape index (κ2) is 9.37. The number of nitrogens with zero attached hydrogens (tertiary/aromatic N) is 1. The molecule has 28 heavy (non-hydrogen) atoms. The lowest BCUT2D eigenvalue weighted by Gasteiger charge is -2.10. The van der Waals surface area contributed by atoms with E-state index in [0.717, 1.165) is 22.4 Å². The summed E-state index contributed by atoms with van der Waals surface area (Å²) in [7, 11) is 1.49. The second-order valence-corrected chi connectivity index (χ2v) is 6.15. The van der Waals surface area contributed by atoms with Crippen LogP contribution in [0.25, 0.3) is 6.08 Å². The Bertz CT molecular complexity index is 967. The molecule has 0 bridgehead atoms. The summed E-state index contributed by atoms with van der Waals surface area (Å²) in [5.74, 6) is 1.13. The van der Waals surface area contributed by atoms with E-state index in [-0.39, 0.29) is 18.0 Å². The summed E-state index contributed by atoms with van der Waals surface area (Å²) in [6, 6.07) is 16.3. The summed E-state index contributed by atoms with van der Waals surface area (Å²) in [6.45, 7) is 0.379. The lowest BCUT2D eigenvalue weighted by molar-refractivity contribution is -0.113. The summed E-state index contributed by atoms with van der Waals surface area (Å²) < 4.78 is 10.8. The Kier molecular flexibility index (Phi) is 6.41. The Labute approximate surface area is 163 Å². The van der Waals surface area contributed by atoms with E-state index in [1.54, 1.807) is 48.8 Å². The predicted molar refractivity (Wildman–Crippen MR) is 107 cm³/mol. The zero-order valence-electron chi connectivity index (χ0n) is 15.5. The second-order valence-electron chi connectivity index (χ2n) is 6.15. The molecule has 0 fully saturated rings. The number of ketones is 1. The van der Waals surface area contributed by atoms with Crippen molar-refractivity contribution in [2.24, 2.45) is 0 Å². The third-order valence-corrected chi connectivity index (χ3v) is 4.19. The molecule has 0 saturated carbocycles. The lowest BCUT2D eigenvalue weighted by atomic mass is 10.0. The van der Waals surface area contributed by atoms with Crippen LogP contribution in [-0.4, -0.2) is 23.0 Å². The normalized spacial score (nSPS) is 10.8. The number of carbonyl (C=O) groups is 1. The molecule has 1 heterocycles. The molecular formula is C23H21NO4. The van der Waals surface area contributed by atoms with E-state index in [2.05, 4.69) is 4.98 Å². The van der Waals surface area contributed by atoms with Crippen molar-refractivity contribution in [2.45, 2.75) is 13.0 Å². The number of aromatic nitrogens is 1. The van der Waals surface area contributed by atoms with E-state index in [1.807, 2.05) is 24.3 Å². The number of rotatable bonds is 8. The fourth-order valence-electron chi connectivity index (χ4n) is 2.71. The average molecular weight is 375 g/mol. The topological polar surface area (TPSA) is 68.7 Å². The molecule has 0 spiro atoms. The van der Waals surface area contributed by atoms with Gasteiger partial charge < -0.3 is 14.6 Å². The van der Waals surface area contributed by atoms with Gasteiger partial charge in [-0.15, -0.1) is 0 Å². The average Bonchev–Trinajstić information content (AvgIpc) is 2.72. The Morgan fingerprint density at radius 2 is 1.82 bits per heavy atom. The highest BCUT2D eigenvalue weighted by molar-refractivity contribution is 5.95. The summed E-state index contributed by atoms with van der Waals surface area (Å²) in [4.78, 5) is 16.4. The Hall–Kier alpha value is -3.60. The van der Waals surface area contributed by atoms with Crippen LogP contribution >= 0.6 is 0 Å². The predicted octanol–water partition coefficient (Wildman–Crippen LogP) is 4.20. The fraction of sp³-hybridized carbons (Fsp3) is 0.130. The van der Waals surface area contributed by atoms with Crippen molar-refractivity contribution in [3.8, 4) is 17.2 Å². The van der Waals surface area contributed by atoms with Crippen LogP contribution in [0.2, 0.25) is 0 Å². The molecule has 1 aromatic heterocycles. The van der Waals surface area contributed by atoms with Crippen LogP contribution in [0.4, 0.5) is 0 Å². The van der Waals surface area contributed by atoms with Gasteiger partial charge in [-0.05, 0) is 47.0 Å². The monoisotopic (exact) mass is 375 g/mol. The molecular weight excluding hydrogens is 354 g/mol. The highest BCUT2D eigenvalue weighted by Crippen LogP contribution is 2.26. The molecule has 5 heteroatoms. The van der Waals surface area contributed by atoms with Gasteiger partial charge >= 0.3 is 0 Å². The van der Waals surface area contributed by atoms with E-state index in [4.69, 9.17) is 9.47 Å². The first kappa shape index (κ1) is 19.2. The Balaban J connectivity index is 1.64. The van der Waals surface area contributed by atoms with Crippen LogP contribution < -0.4 is 9.47 Å². The van der Waals surface area contributed by atoms with Crippen LogP contribution in [-0.2, 0) is 17.8 Å². The summed E-state index contributed by atoms with van der Waals surface area (Å²) in [6.07, 6.45) is 6.81.